The van der Waals surface area contributed by atoms with E-state index in [9.17, 15) is 9.82 Å². The Kier molecular flexibility index (Phi) is 2.88. The molecule has 0 saturated carbocycles. The lowest BCUT2D eigenvalue weighted by atomic mass is 9.78. The Balaban J connectivity index is 1.84. The fourth-order valence-electron chi connectivity index (χ4n) is 2.65. The van der Waals surface area contributed by atoms with Crippen LogP contribution in [-0.2, 0) is 11.3 Å². The zero-order valence-corrected chi connectivity index (χ0v) is 10.4. The number of carbonyl (C=O) groups is 1. The van der Waals surface area contributed by atoms with Crippen molar-refractivity contribution in [2.75, 3.05) is 13.1 Å². The normalized spacial score (nSPS) is 22.4. The minimum Gasteiger partial charge on any atom is -0.423 e. The van der Waals surface area contributed by atoms with Gasteiger partial charge in [-0.05, 0) is 35.5 Å². The van der Waals surface area contributed by atoms with Crippen LogP contribution in [0.2, 0.25) is 0 Å². The molecule has 3 rings (SSSR count). The summed E-state index contributed by atoms with van der Waals surface area (Å²) in [6.45, 7) is 4.24. The maximum Gasteiger partial charge on any atom is 0.491 e. The predicted molar refractivity (Wildman–Crippen MR) is 68.5 cm³/mol. The van der Waals surface area contributed by atoms with E-state index in [2.05, 4.69) is 6.92 Å². The van der Waals surface area contributed by atoms with Gasteiger partial charge in [0.25, 0.3) is 5.91 Å². The van der Waals surface area contributed by atoms with Crippen molar-refractivity contribution in [2.24, 2.45) is 5.92 Å². The van der Waals surface area contributed by atoms with Gasteiger partial charge < -0.3 is 14.6 Å². The molecule has 1 N–H and O–H groups in total. The van der Waals surface area contributed by atoms with Crippen LogP contribution in [0.1, 0.15) is 29.3 Å². The zero-order chi connectivity index (χ0) is 12.7. The quantitative estimate of drug-likeness (QED) is 0.728. The highest BCUT2D eigenvalue weighted by atomic mass is 16.5. The molecule has 2 heterocycles. The van der Waals surface area contributed by atoms with E-state index >= 15 is 0 Å². The molecule has 1 atom stereocenters. The van der Waals surface area contributed by atoms with E-state index < -0.39 is 7.12 Å². The van der Waals surface area contributed by atoms with Crippen molar-refractivity contribution in [1.82, 2.24) is 4.90 Å². The van der Waals surface area contributed by atoms with Gasteiger partial charge in [0.1, 0.15) is 0 Å². The molecule has 1 amide bonds. The molecule has 1 aromatic carbocycles. The Morgan fingerprint density at radius 2 is 2.39 bits per heavy atom. The van der Waals surface area contributed by atoms with Crippen LogP contribution in [0.25, 0.3) is 0 Å². The number of carbonyl (C=O) groups excluding carboxylic acids is 1. The summed E-state index contributed by atoms with van der Waals surface area (Å²) < 4.78 is 5.13. The highest BCUT2D eigenvalue weighted by Crippen LogP contribution is 2.19. The summed E-state index contributed by atoms with van der Waals surface area (Å²) in [6, 6.07) is 5.46. The van der Waals surface area contributed by atoms with Gasteiger partial charge in [0, 0.05) is 18.7 Å². The van der Waals surface area contributed by atoms with Crippen molar-refractivity contribution in [3.63, 3.8) is 0 Å². The largest absolute Gasteiger partial charge is 0.491 e. The molecule has 0 radical (unpaired) electrons. The maximum atomic E-state index is 12.3. The third kappa shape index (κ3) is 1.93. The minimum atomic E-state index is -0.884. The molecule has 0 bridgehead atoms. The summed E-state index contributed by atoms with van der Waals surface area (Å²) >= 11 is 0. The second-order valence-corrected chi connectivity index (χ2v) is 5.22. The van der Waals surface area contributed by atoms with Crippen LogP contribution >= 0.6 is 0 Å². The summed E-state index contributed by atoms with van der Waals surface area (Å²) in [5.41, 5.74) is 2.34. The summed E-state index contributed by atoms with van der Waals surface area (Å²) in [5, 5.41) is 9.65. The lowest BCUT2D eigenvalue weighted by Crippen LogP contribution is -2.32. The molecule has 94 valence electrons. The molecule has 2 aliphatic rings. The van der Waals surface area contributed by atoms with E-state index in [1.807, 2.05) is 17.0 Å². The van der Waals surface area contributed by atoms with E-state index in [4.69, 9.17) is 4.65 Å². The van der Waals surface area contributed by atoms with Crippen LogP contribution in [0.15, 0.2) is 18.2 Å². The van der Waals surface area contributed by atoms with Gasteiger partial charge in [0.05, 0.1) is 6.61 Å². The predicted octanol–water partition coefficient (Wildman–Crippen LogP) is 0.386. The smallest absolute Gasteiger partial charge is 0.423 e. The molecular formula is C13H16BNO3. The number of rotatable bonds is 1. The van der Waals surface area contributed by atoms with Crippen LogP contribution in [0.5, 0.6) is 0 Å². The van der Waals surface area contributed by atoms with Crippen LogP contribution in [0, 0.1) is 5.92 Å². The number of amides is 1. The summed E-state index contributed by atoms with van der Waals surface area (Å²) in [5.74, 6) is 0.638. The zero-order valence-electron chi connectivity index (χ0n) is 10.4. The number of fused-ring (bicyclic) bond motifs is 1. The van der Waals surface area contributed by atoms with Gasteiger partial charge >= 0.3 is 7.12 Å². The summed E-state index contributed by atoms with van der Waals surface area (Å²) in [7, 11) is -0.884. The highest BCUT2D eigenvalue weighted by Gasteiger charge is 2.30. The number of nitrogens with zero attached hydrogens (tertiary/aromatic N) is 1. The van der Waals surface area contributed by atoms with Gasteiger partial charge in [-0.25, -0.2) is 0 Å². The molecule has 0 spiro atoms. The lowest BCUT2D eigenvalue weighted by Gasteiger charge is -2.16. The first-order chi connectivity index (χ1) is 8.65. The molecule has 0 aromatic heterocycles. The van der Waals surface area contributed by atoms with Crippen LogP contribution in [-0.4, -0.2) is 36.0 Å². The van der Waals surface area contributed by atoms with Crippen LogP contribution < -0.4 is 5.46 Å². The SMILES string of the molecule is C[C@H]1CCN(C(=O)c2ccc3c(c2)B(O)OC3)C1. The minimum absolute atomic E-state index is 0.0567. The van der Waals surface area contributed by atoms with Gasteiger partial charge in [0.15, 0.2) is 0 Å². The van der Waals surface area contributed by atoms with Crippen LogP contribution in [0.4, 0.5) is 0 Å². The van der Waals surface area contributed by atoms with Crippen molar-refractivity contribution >= 4 is 18.5 Å². The number of hydrogen-bond donors (Lipinski definition) is 1. The highest BCUT2D eigenvalue weighted by molar-refractivity contribution is 6.61. The molecule has 0 aliphatic carbocycles. The monoisotopic (exact) mass is 245 g/mol. The Bertz CT molecular complexity index is 491. The Morgan fingerprint density at radius 3 is 3.11 bits per heavy atom. The van der Waals surface area contributed by atoms with E-state index in [1.165, 1.54) is 0 Å². The van der Waals surface area contributed by atoms with Gasteiger partial charge in [-0.1, -0.05) is 13.0 Å². The molecular weight excluding hydrogens is 229 g/mol. The summed E-state index contributed by atoms with van der Waals surface area (Å²) in [6.07, 6.45) is 1.07. The van der Waals surface area contributed by atoms with E-state index in [1.54, 1.807) is 6.07 Å². The van der Waals surface area contributed by atoms with E-state index in [0.717, 1.165) is 30.5 Å². The second kappa shape index (κ2) is 4.41. The lowest BCUT2D eigenvalue weighted by molar-refractivity contribution is 0.0788. The van der Waals surface area contributed by atoms with Crippen molar-refractivity contribution < 1.29 is 14.5 Å². The molecule has 0 unspecified atom stereocenters. The average Bonchev–Trinajstić information content (AvgIpc) is 2.95. The molecule has 5 heteroatoms. The van der Waals surface area contributed by atoms with Gasteiger partial charge in [-0.2, -0.15) is 0 Å². The molecule has 4 nitrogen and oxygen atoms in total. The number of benzene rings is 1. The molecule has 2 aliphatic heterocycles. The standard InChI is InChI=1S/C13H16BNO3/c1-9-4-5-15(7-9)13(16)10-2-3-11-8-18-14(17)12(11)6-10/h2-3,6,9,17H,4-5,7-8H2,1H3/t9-/m0/s1. The van der Waals surface area contributed by atoms with E-state index in [-0.39, 0.29) is 5.91 Å². The first kappa shape index (κ1) is 11.7. The third-order valence-corrected chi connectivity index (χ3v) is 3.77. The van der Waals surface area contributed by atoms with Crippen molar-refractivity contribution in [1.29, 1.82) is 0 Å². The first-order valence-corrected chi connectivity index (χ1v) is 6.37. The molecule has 1 fully saturated rings. The Labute approximate surface area is 107 Å². The average molecular weight is 245 g/mol. The fraction of sp³-hybridized carbons (Fsp3) is 0.462. The van der Waals surface area contributed by atoms with Gasteiger partial charge in [0.2, 0.25) is 0 Å². The number of likely N-dealkylation sites (tertiary alicyclic amines) is 1. The first-order valence-electron chi connectivity index (χ1n) is 6.37. The second-order valence-electron chi connectivity index (χ2n) is 5.22. The molecule has 1 aromatic rings. The maximum absolute atomic E-state index is 12.3. The van der Waals surface area contributed by atoms with Crippen LogP contribution in [0.3, 0.4) is 0 Å². The van der Waals surface area contributed by atoms with Gasteiger partial charge in [-0.15, -0.1) is 0 Å². The number of hydrogen-bond acceptors (Lipinski definition) is 3. The Hall–Kier alpha value is -1.33. The molecule has 18 heavy (non-hydrogen) atoms. The van der Waals surface area contributed by atoms with Crippen molar-refractivity contribution in [3.05, 3.63) is 29.3 Å². The van der Waals surface area contributed by atoms with Crippen molar-refractivity contribution in [3.8, 4) is 0 Å². The van der Waals surface area contributed by atoms with E-state index in [0.29, 0.717) is 18.1 Å². The fourth-order valence-corrected chi connectivity index (χ4v) is 2.65. The molecule has 1 saturated heterocycles. The third-order valence-electron chi connectivity index (χ3n) is 3.77. The van der Waals surface area contributed by atoms with Gasteiger partial charge in [-0.3, -0.25) is 4.79 Å². The topological polar surface area (TPSA) is 49.8 Å². The van der Waals surface area contributed by atoms with Crippen molar-refractivity contribution in [2.45, 2.75) is 20.0 Å². The summed E-state index contributed by atoms with van der Waals surface area (Å²) in [4.78, 5) is 14.2. The Morgan fingerprint density at radius 1 is 1.56 bits per heavy atom.